The molecule has 0 unspecified atom stereocenters. The lowest BCUT2D eigenvalue weighted by molar-refractivity contribution is -0.136. The monoisotopic (exact) mass is 245 g/mol. The van der Waals surface area contributed by atoms with Crippen LogP contribution in [0.4, 0.5) is 0 Å². The van der Waals surface area contributed by atoms with E-state index in [-0.39, 0.29) is 6.42 Å². The summed E-state index contributed by atoms with van der Waals surface area (Å²) in [6, 6.07) is 3.53. The summed E-state index contributed by atoms with van der Waals surface area (Å²) in [5.74, 6) is 0.0246. The quantitative estimate of drug-likeness (QED) is 0.843. The maximum absolute atomic E-state index is 10.4. The highest BCUT2D eigenvalue weighted by molar-refractivity contribution is 5.67. The Morgan fingerprint density at radius 2 is 1.94 bits per heavy atom. The third kappa shape index (κ3) is 3.03. The summed E-state index contributed by atoms with van der Waals surface area (Å²) >= 11 is 0. The normalized spacial score (nSPS) is 10.3. The van der Waals surface area contributed by atoms with Crippen molar-refractivity contribution in [3.8, 4) is 11.5 Å². The molecule has 0 saturated heterocycles. The minimum Gasteiger partial charge on any atom is -0.481 e. The lowest BCUT2D eigenvalue weighted by Gasteiger charge is -2.00. The van der Waals surface area contributed by atoms with Crippen LogP contribution in [0.1, 0.15) is 17.8 Å². The van der Waals surface area contributed by atoms with Crippen LogP contribution in [0.15, 0.2) is 18.3 Å². The van der Waals surface area contributed by atoms with Crippen LogP contribution < -0.4 is 0 Å². The Balaban J connectivity index is 2.12. The molecule has 0 aliphatic carbocycles. The highest BCUT2D eigenvalue weighted by Crippen LogP contribution is 2.11. The number of hydrogen-bond donors (Lipinski definition) is 1. The minimum absolute atomic E-state index is 0.0885. The molecule has 7 nitrogen and oxygen atoms in total. The van der Waals surface area contributed by atoms with Crippen LogP contribution in [0.5, 0.6) is 0 Å². The number of carboxylic acids is 1. The van der Waals surface area contributed by atoms with Gasteiger partial charge in [-0.1, -0.05) is 6.07 Å². The molecule has 0 aliphatic heterocycles. The summed E-state index contributed by atoms with van der Waals surface area (Å²) in [7, 11) is 0. The summed E-state index contributed by atoms with van der Waals surface area (Å²) in [5, 5.41) is 23.9. The van der Waals surface area contributed by atoms with Gasteiger partial charge in [0, 0.05) is 12.6 Å². The van der Waals surface area contributed by atoms with Crippen LogP contribution in [-0.4, -0.2) is 36.5 Å². The maximum Gasteiger partial charge on any atom is 0.303 e. The van der Waals surface area contributed by atoms with Gasteiger partial charge < -0.3 is 5.11 Å². The lowest BCUT2D eigenvalue weighted by atomic mass is 10.1. The standard InChI is InChI=1S/C11H11N5O2/c1-7-13-15-11(16-14-7)9-4-2-8(6-12-9)3-5-10(17)18/h2,4,6H,3,5H2,1H3,(H,17,18). The van der Waals surface area contributed by atoms with E-state index in [0.717, 1.165) is 5.56 Å². The van der Waals surface area contributed by atoms with E-state index in [4.69, 9.17) is 5.11 Å². The molecule has 0 aromatic carbocycles. The van der Waals surface area contributed by atoms with Crippen LogP contribution in [0.25, 0.3) is 11.5 Å². The molecule has 1 N–H and O–H groups in total. The first kappa shape index (κ1) is 12.0. The lowest BCUT2D eigenvalue weighted by Crippen LogP contribution is -2.01. The van der Waals surface area contributed by atoms with E-state index in [2.05, 4.69) is 25.4 Å². The number of carboxylic acid groups (broad SMARTS) is 1. The van der Waals surface area contributed by atoms with Gasteiger partial charge in [0.25, 0.3) is 0 Å². The van der Waals surface area contributed by atoms with Crippen LogP contribution in [0.3, 0.4) is 0 Å². The number of aromatic nitrogens is 5. The predicted molar refractivity (Wildman–Crippen MR) is 61.5 cm³/mol. The molecular weight excluding hydrogens is 234 g/mol. The molecule has 0 atom stereocenters. The summed E-state index contributed by atoms with van der Waals surface area (Å²) in [6.07, 6.45) is 2.15. The van der Waals surface area contributed by atoms with Gasteiger partial charge in [0.2, 0.25) is 5.82 Å². The second-order valence-electron chi connectivity index (χ2n) is 3.72. The molecule has 0 radical (unpaired) electrons. The fraction of sp³-hybridized carbons (Fsp3) is 0.273. The largest absolute Gasteiger partial charge is 0.481 e. The summed E-state index contributed by atoms with van der Waals surface area (Å²) in [5.41, 5.74) is 1.42. The van der Waals surface area contributed by atoms with Crippen LogP contribution >= 0.6 is 0 Å². The van der Waals surface area contributed by atoms with Crippen molar-refractivity contribution in [3.63, 3.8) is 0 Å². The first-order valence-corrected chi connectivity index (χ1v) is 5.36. The van der Waals surface area contributed by atoms with Crippen molar-refractivity contribution >= 4 is 5.97 Å². The van der Waals surface area contributed by atoms with E-state index in [0.29, 0.717) is 23.8 Å². The summed E-state index contributed by atoms with van der Waals surface area (Å²) < 4.78 is 0. The third-order valence-corrected chi connectivity index (χ3v) is 2.26. The van der Waals surface area contributed by atoms with Crippen LogP contribution in [0.2, 0.25) is 0 Å². The zero-order valence-corrected chi connectivity index (χ0v) is 9.74. The Labute approximate surface area is 103 Å². The van der Waals surface area contributed by atoms with Gasteiger partial charge in [0.15, 0.2) is 5.82 Å². The van der Waals surface area contributed by atoms with Gasteiger partial charge >= 0.3 is 5.97 Å². The van der Waals surface area contributed by atoms with E-state index in [1.165, 1.54) is 0 Å². The maximum atomic E-state index is 10.4. The number of pyridine rings is 1. The number of aliphatic carboxylic acids is 1. The topological polar surface area (TPSA) is 102 Å². The van der Waals surface area contributed by atoms with Crippen LogP contribution in [-0.2, 0) is 11.2 Å². The van der Waals surface area contributed by atoms with Crippen molar-refractivity contribution < 1.29 is 9.90 Å². The number of carbonyl (C=O) groups is 1. The van der Waals surface area contributed by atoms with Gasteiger partial charge in [-0.3, -0.25) is 9.78 Å². The average molecular weight is 245 g/mol. The Hall–Kier alpha value is -2.44. The molecule has 0 aliphatic rings. The van der Waals surface area contributed by atoms with Gasteiger partial charge in [-0.25, -0.2) is 0 Å². The smallest absolute Gasteiger partial charge is 0.303 e. The van der Waals surface area contributed by atoms with E-state index in [1.807, 2.05) is 0 Å². The number of aryl methyl sites for hydroxylation is 2. The average Bonchev–Trinajstić information content (AvgIpc) is 2.38. The third-order valence-electron chi connectivity index (χ3n) is 2.26. The fourth-order valence-corrected chi connectivity index (χ4v) is 1.34. The van der Waals surface area contributed by atoms with Crippen molar-refractivity contribution in [3.05, 3.63) is 29.7 Å². The highest BCUT2D eigenvalue weighted by Gasteiger charge is 2.05. The van der Waals surface area contributed by atoms with Crippen molar-refractivity contribution in [1.82, 2.24) is 25.4 Å². The van der Waals surface area contributed by atoms with Crippen molar-refractivity contribution in [2.45, 2.75) is 19.8 Å². The SMILES string of the molecule is Cc1nnc(-c2ccc(CCC(=O)O)cn2)nn1. The van der Waals surface area contributed by atoms with Crippen molar-refractivity contribution in [2.24, 2.45) is 0 Å². The molecule has 0 bridgehead atoms. The second-order valence-corrected chi connectivity index (χ2v) is 3.72. The first-order valence-electron chi connectivity index (χ1n) is 5.36. The Bertz CT molecular complexity index is 538. The van der Waals surface area contributed by atoms with E-state index >= 15 is 0 Å². The number of rotatable bonds is 4. The molecule has 2 rings (SSSR count). The molecule has 92 valence electrons. The summed E-state index contributed by atoms with van der Waals surface area (Å²) in [6.45, 7) is 1.70. The predicted octanol–water partition coefficient (Wildman–Crippen LogP) is 0.654. The van der Waals surface area contributed by atoms with Gasteiger partial charge in [0.1, 0.15) is 5.69 Å². The second kappa shape index (κ2) is 5.26. The molecular formula is C11H11N5O2. The highest BCUT2D eigenvalue weighted by atomic mass is 16.4. The summed E-state index contributed by atoms with van der Waals surface area (Å²) in [4.78, 5) is 14.6. The molecule has 2 heterocycles. The van der Waals surface area contributed by atoms with E-state index in [1.54, 1.807) is 25.3 Å². The zero-order chi connectivity index (χ0) is 13.0. The zero-order valence-electron chi connectivity index (χ0n) is 9.74. The molecule has 2 aromatic rings. The molecule has 7 heteroatoms. The van der Waals surface area contributed by atoms with Crippen molar-refractivity contribution in [1.29, 1.82) is 0 Å². The van der Waals surface area contributed by atoms with Gasteiger partial charge in [-0.2, -0.15) is 0 Å². The molecule has 18 heavy (non-hydrogen) atoms. The molecule has 2 aromatic heterocycles. The Morgan fingerprint density at radius 3 is 2.50 bits per heavy atom. The molecule has 0 saturated carbocycles. The van der Waals surface area contributed by atoms with Gasteiger partial charge in [-0.15, -0.1) is 20.4 Å². The van der Waals surface area contributed by atoms with Crippen LogP contribution in [0, 0.1) is 6.92 Å². The number of hydrogen-bond acceptors (Lipinski definition) is 6. The number of nitrogens with zero attached hydrogens (tertiary/aromatic N) is 5. The van der Waals surface area contributed by atoms with Gasteiger partial charge in [-0.05, 0) is 25.0 Å². The molecule has 0 spiro atoms. The van der Waals surface area contributed by atoms with E-state index in [9.17, 15) is 4.79 Å². The first-order chi connectivity index (χ1) is 8.65. The molecule has 0 amide bonds. The fourth-order valence-electron chi connectivity index (χ4n) is 1.34. The Morgan fingerprint density at radius 1 is 1.22 bits per heavy atom. The van der Waals surface area contributed by atoms with Gasteiger partial charge in [0.05, 0.1) is 0 Å². The van der Waals surface area contributed by atoms with E-state index < -0.39 is 5.97 Å². The van der Waals surface area contributed by atoms with Crippen molar-refractivity contribution in [2.75, 3.05) is 0 Å². The minimum atomic E-state index is -0.825. The Kier molecular flexibility index (Phi) is 3.52. The molecule has 0 fully saturated rings.